The summed E-state index contributed by atoms with van der Waals surface area (Å²) >= 11 is 3.42. The second kappa shape index (κ2) is 6.86. The zero-order chi connectivity index (χ0) is 14.5. The Hall–Kier alpha value is -1.39. The average Bonchev–Trinajstić information content (AvgIpc) is 2.41. The maximum atomic E-state index is 13.6. The molecule has 0 spiro atoms. The van der Waals surface area contributed by atoms with Gasteiger partial charge >= 0.3 is 0 Å². The van der Waals surface area contributed by atoms with Crippen molar-refractivity contribution >= 4 is 21.6 Å². The van der Waals surface area contributed by atoms with E-state index in [-0.39, 0.29) is 5.82 Å². The Kier molecular flexibility index (Phi) is 5.15. The third-order valence-corrected chi connectivity index (χ3v) is 3.68. The van der Waals surface area contributed by atoms with Crippen molar-refractivity contribution in [1.29, 1.82) is 0 Å². The number of anilines is 1. The number of nitrogens with zero attached hydrogens (tertiary/aromatic N) is 1. The monoisotopic (exact) mass is 336 g/mol. The molecule has 0 bridgehead atoms. The van der Waals surface area contributed by atoms with Gasteiger partial charge in [0, 0.05) is 23.8 Å². The van der Waals surface area contributed by atoms with E-state index in [1.807, 2.05) is 30.1 Å². The first-order chi connectivity index (χ1) is 9.58. The molecule has 0 amide bonds. The summed E-state index contributed by atoms with van der Waals surface area (Å²) < 4.78 is 14.7. The van der Waals surface area contributed by atoms with Gasteiger partial charge in [-0.15, -0.1) is 0 Å². The first kappa shape index (κ1) is 15.0. The van der Waals surface area contributed by atoms with Crippen molar-refractivity contribution in [2.75, 3.05) is 18.5 Å². The van der Waals surface area contributed by atoms with Gasteiger partial charge in [0.05, 0.1) is 0 Å². The second-order valence-corrected chi connectivity index (χ2v) is 5.75. The van der Waals surface area contributed by atoms with Gasteiger partial charge in [0.25, 0.3) is 0 Å². The normalized spacial score (nSPS) is 10.6. The molecule has 0 saturated heterocycles. The van der Waals surface area contributed by atoms with E-state index in [2.05, 4.69) is 28.1 Å². The lowest BCUT2D eigenvalue weighted by atomic mass is 10.1. The predicted molar refractivity (Wildman–Crippen MR) is 85.4 cm³/mol. The highest BCUT2D eigenvalue weighted by molar-refractivity contribution is 9.10. The van der Waals surface area contributed by atoms with Crippen molar-refractivity contribution in [2.24, 2.45) is 5.73 Å². The van der Waals surface area contributed by atoms with Crippen LogP contribution >= 0.6 is 15.9 Å². The smallest absolute Gasteiger partial charge is 0.125 e. The van der Waals surface area contributed by atoms with Crippen LogP contribution in [0.4, 0.5) is 10.1 Å². The number of benzene rings is 2. The number of halogens is 2. The van der Waals surface area contributed by atoms with Crippen molar-refractivity contribution < 1.29 is 4.39 Å². The van der Waals surface area contributed by atoms with Gasteiger partial charge in [-0.2, -0.15) is 0 Å². The van der Waals surface area contributed by atoms with E-state index >= 15 is 0 Å². The van der Waals surface area contributed by atoms with Crippen LogP contribution in [-0.2, 0) is 13.0 Å². The van der Waals surface area contributed by atoms with Crippen LogP contribution in [0.2, 0.25) is 0 Å². The lowest BCUT2D eigenvalue weighted by Gasteiger charge is -2.20. The second-order valence-electron chi connectivity index (χ2n) is 4.84. The molecule has 2 rings (SSSR count). The van der Waals surface area contributed by atoms with Crippen LogP contribution in [0.3, 0.4) is 0 Å². The van der Waals surface area contributed by atoms with E-state index in [1.54, 1.807) is 12.1 Å². The molecular formula is C16H18BrFN2. The van der Waals surface area contributed by atoms with Crippen molar-refractivity contribution in [2.45, 2.75) is 13.0 Å². The van der Waals surface area contributed by atoms with Crippen LogP contribution in [-0.4, -0.2) is 13.6 Å². The molecule has 0 aromatic heterocycles. The molecule has 0 aliphatic carbocycles. The van der Waals surface area contributed by atoms with Gasteiger partial charge in [-0.3, -0.25) is 0 Å². The maximum absolute atomic E-state index is 13.6. The van der Waals surface area contributed by atoms with Crippen molar-refractivity contribution in [1.82, 2.24) is 0 Å². The quantitative estimate of drug-likeness (QED) is 0.901. The third-order valence-electron chi connectivity index (χ3n) is 3.15. The van der Waals surface area contributed by atoms with Gasteiger partial charge in [-0.25, -0.2) is 4.39 Å². The fraction of sp³-hybridized carbons (Fsp3) is 0.250. The molecule has 106 valence electrons. The van der Waals surface area contributed by atoms with Gasteiger partial charge in [-0.05, 0) is 54.4 Å². The third kappa shape index (κ3) is 4.05. The van der Waals surface area contributed by atoms with Gasteiger partial charge in [0.2, 0.25) is 0 Å². The minimum atomic E-state index is -0.214. The standard InChI is InChI=1S/C16H18BrFN2/c1-20(11-12-2-4-14(17)5-3-12)16-9-13(6-7-19)8-15(18)10-16/h2-5,8-10H,6-7,11,19H2,1H3. The zero-order valence-corrected chi connectivity index (χ0v) is 13.0. The minimum Gasteiger partial charge on any atom is -0.370 e. The van der Waals surface area contributed by atoms with Gasteiger partial charge in [-0.1, -0.05) is 28.1 Å². The Balaban J connectivity index is 2.15. The van der Waals surface area contributed by atoms with Crippen molar-refractivity contribution in [3.05, 3.63) is 63.9 Å². The molecule has 0 heterocycles. The van der Waals surface area contributed by atoms with Crippen LogP contribution in [0.5, 0.6) is 0 Å². The largest absolute Gasteiger partial charge is 0.370 e. The summed E-state index contributed by atoms with van der Waals surface area (Å²) in [6.45, 7) is 1.26. The highest BCUT2D eigenvalue weighted by Gasteiger charge is 2.06. The number of hydrogen-bond acceptors (Lipinski definition) is 2. The molecule has 0 atom stereocenters. The first-order valence-electron chi connectivity index (χ1n) is 6.53. The van der Waals surface area contributed by atoms with Crippen molar-refractivity contribution in [3.63, 3.8) is 0 Å². The van der Waals surface area contributed by atoms with E-state index in [9.17, 15) is 4.39 Å². The lowest BCUT2D eigenvalue weighted by Crippen LogP contribution is -2.17. The van der Waals surface area contributed by atoms with Crippen LogP contribution in [0.1, 0.15) is 11.1 Å². The Morgan fingerprint density at radius 3 is 2.45 bits per heavy atom. The van der Waals surface area contributed by atoms with Gasteiger partial charge in [0.1, 0.15) is 5.82 Å². The SMILES string of the molecule is CN(Cc1ccc(Br)cc1)c1cc(F)cc(CCN)c1. The molecular weight excluding hydrogens is 319 g/mol. The van der Waals surface area contributed by atoms with Crippen molar-refractivity contribution in [3.8, 4) is 0 Å². The molecule has 0 saturated carbocycles. The molecule has 0 aliphatic heterocycles. The molecule has 0 unspecified atom stereocenters. The Morgan fingerprint density at radius 2 is 1.80 bits per heavy atom. The summed E-state index contributed by atoms with van der Waals surface area (Å²) in [6.07, 6.45) is 0.691. The van der Waals surface area contributed by atoms with E-state index in [0.29, 0.717) is 13.0 Å². The zero-order valence-electron chi connectivity index (χ0n) is 11.4. The topological polar surface area (TPSA) is 29.3 Å². The number of nitrogens with two attached hydrogens (primary N) is 1. The number of hydrogen-bond donors (Lipinski definition) is 1. The molecule has 0 radical (unpaired) electrons. The Labute approximate surface area is 127 Å². The summed E-state index contributed by atoms with van der Waals surface area (Å²) in [7, 11) is 1.96. The molecule has 20 heavy (non-hydrogen) atoms. The fourth-order valence-corrected chi connectivity index (χ4v) is 2.38. The van der Waals surface area contributed by atoms with Crippen LogP contribution in [0.25, 0.3) is 0 Å². The lowest BCUT2D eigenvalue weighted by molar-refractivity contribution is 0.624. The Bertz CT molecular complexity index is 569. The van der Waals surface area contributed by atoms with E-state index in [4.69, 9.17) is 5.73 Å². The van der Waals surface area contributed by atoms with Gasteiger partial charge < -0.3 is 10.6 Å². The summed E-state index contributed by atoms with van der Waals surface area (Å²) in [5, 5.41) is 0. The van der Waals surface area contributed by atoms with Crippen LogP contribution < -0.4 is 10.6 Å². The van der Waals surface area contributed by atoms with E-state index in [1.165, 1.54) is 5.56 Å². The molecule has 2 aromatic carbocycles. The molecule has 4 heteroatoms. The molecule has 0 aliphatic rings. The molecule has 0 fully saturated rings. The molecule has 2 aromatic rings. The average molecular weight is 337 g/mol. The highest BCUT2D eigenvalue weighted by atomic mass is 79.9. The Morgan fingerprint density at radius 1 is 1.10 bits per heavy atom. The minimum absolute atomic E-state index is 0.214. The predicted octanol–water partition coefficient (Wildman–Crippen LogP) is 3.73. The highest BCUT2D eigenvalue weighted by Crippen LogP contribution is 2.20. The summed E-state index contributed by atoms with van der Waals surface area (Å²) in [5.74, 6) is -0.214. The fourth-order valence-electron chi connectivity index (χ4n) is 2.12. The summed E-state index contributed by atoms with van der Waals surface area (Å²) in [4.78, 5) is 2.03. The van der Waals surface area contributed by atoms with Crippen LogP contribution in [0.15, 0.2) is 46.9 Å². The first-order valence-corrected chi connectivity index (χ1v) is 7.33. The van der Waals surface area contributed by atoms with E-state index < -0.39 is 0 Å². The maximum Gasteiger partial charge on any atom is 0.125 e. The van der Waals surface area contributed by atoms with E-state index in [0.717, 1.165) is 22.3 Å². The van der Waals surface area contributed by atoms with Gasteiger partial charge in [0.15, 0.2) is 0 Å². The summed E-state index contributed by atoms with van der Waals surface area (Å²) in [5.41, 5.74) is 8.52. The van der Waals surface area contributed by atoms with Crippen LogP contribution in [0, 0.1) is 5.82 Å². The molecule has 2 nitrogen and oxygen atoms in total. The summed E-state index contributed by atoms with van der Waals surface area (Å²) in [6, 6.07) is 13.2. The number of rotatable bonds is 5. The molecule has 2 N–H and O–H groups in total.